The molecule has 0 radical (unpaired) electrons. The molecule has 1 atom stereocenters. The monoisotopic (exact) mass is 206 g/mol. The quantitative estimate of drug-likeness (QED) is 0.724. The van der Waals surface area contributed by atoms with Crippen LogP contribution in [0.25, 0.3) is 0 Å². The normalized spacial score (nSPS) is 14.2. The van der Waals surface area contributed by atoms with Crippen molar-refractivity contribution < 1.29 is 15.0 Å². The van der Waals surface area contributed by atoms with Gasteiger partial charge in [-0.15, -0.1) is 6.58 Å². The van der Waals surface area contributed by atoms with Crippen LogP contribution in [-0.4, -0.2) is 16.2 Å². The van der Waals surface area contributed by atoms with E-state index in [1.54, 1.807) is 36.4 Å². The summed E-state index contributed by atoms with van der Waals surface area (Å²) in [5.74, 6) is -1.23. The van der Waals surface area contributed by atoms with Crippen molar-refractivity contribution in [3.05, 3.63) is 48.6 Å². The minimum Gasteiger partial charge on any atom is -0.479 e. The lowest BCUT2D eigenvalue weighted by Crippen LogP contribution is -2.35. The van der Waals surface area contributed by atoms with Gasteiger partial charge >= 0.3 is 5.97 Å². The molecule has 0 amide bonds. The van der Waals surface area contributed by atoms with Crippen LogP contribution < -0.4 is 0 Å². The van der Waals surface area contributed by atoms with E-state index in [2.05, 4.69) is 6.58 Å². The number of aliphatic carboxylic acids is 1. The predicted octanol–water partition coefficient (Wildman–Crippen LogP) is 1.93. The number of carboxylic acid groups (broad SMARTS) is 1. The Balaban J connectivity index is 3.01. The molecule has 0 aliphatic carbocycles. The van der Waals surface area contributed by atoms with Gasteiger partial charge in [0.1, 0.15) is 0 Å². The molecule has 0 heterocycles. The second-order valence-corrected chi connectivity index (χ2v) is 3.36. The van der Waals surface area contributed by atoms with Gasteiger partial charge in [-0.1, -0.05) is 36.4 Å². The summed E-state index contributed by atoms with van der Waals surface area (Å²) in [6.45, 7) is 3.51. The van der Waals surface area contributed by atoms with Gasteiger partial charge in [-0.3, -0.25) is 0 Å². The van der Waals surface area contributed by atoms with E-state index < -0.39 is 11.6 Å². The molecule has 80 valence electrons. The highest BCUT2D eigenvalue weighted by Crippen LogP contribution is 2.26. The number of aliphatic hydroxyl groups is 1. The first-order valence-electron chi connectivity index (χ1n) is 4.73. The van der Waals surface area contributed by atoms with Crippen LogP contribution in [0.4, 0.5) is 0 Å². The van der Waals surface area contributed by atoms with Gasteiger partial charge in [-0.25, -0.2) is 4.79 Å². The van der Waals surface area contributed by atoms with Crippen molar-refractivity contribution in [2.75, 3.05) is 0 Å². The summed E-state index contributed by atoms with van der Waals surface area (Å²) in [7, 11) is 0. The van der Waals surface area contributed by atoms with E-state index in [4.69, 9.17) is 5.11 Å². The first kappa shape index (κ1) is 11.5. The average molecular weight is 206 g/mol. The Morgan fingerprint density at radius 2 is 2.00 bits per heavy atom. The van der Waals surface area contributed by atoms with Crippen molar-refractivity contribution in [2.45, 2.75) is 18.4 Å². The van der Waals surface area contributed by atoms with Crippen LogP contribution >= 0.6 is 0 Å². The Hall–Kier alpha value is -1.61. The Labute approximate surface area is 88.7 Å². The van der Waals surface area contributed by atoms with Crippen LogP contribution in [-0.2, 0) is 10.4 Å². The fraction of sp³-hybridized carbons (Fsp3) is 0.250. The average Bonchev–Trinajstić information content (AvgIpc) is 2.27. The molecule has 3 nitrogen and oxygen atoms in total. The molecule has 1 unspecified atom stereocenters. The first-order chi connectivity index (χ1) is 7.11. The second-order valence-electron chi connectivity index (χ2n) is 3.36. The Morgan fingerprint density at radius 1 is 1.40 bits per heavy atom. The molecule has 0 spiro atoms. The molecular weight excluding hydrogens is 192 g/mol. The van der Waals surface area contributed by atoms with Gasteiger partial charge in [0.25, 0.3) is 0 Å². The Kier molecular flexibility index (Phi) is 3.63. The molecule has 1 rings (SSSR count). The van der Waals surface area contributed by atoms with Crippen molar-refractivity contribution in [3.8, 4) is 0 Å². The predicted molar refractivity (Wildman–Crippen MR) is 57.4 cm³/mol. The zero-order valence-electron chi connectivity index (χ0n) is 8.39. The maximum absolute atomic E-state index is 11.0. The third-order valence-electron chi connectivity index (χ3n) is 2.32. The van der Waals surface area contributed by atoms with Gasteiger partial charge < -0.3 is 10.2 Å². The van der Waals surface area contributed by atoms with Crippen molar-refractivity contribution in [1.29, 1.82) is 0 Å². The fourth-order valence-corrected chi connectivity index (χ4v) is 1.40. The third kappa shape index (κ3) is 2.44. The van der Waals surface area contributed by atoms with Crippen LogP contribution in [0.1, 0.15) is 18.4 Å². The van der Waals surface area contributed by atoms with E-state index in [1.165, 1.54) is 0 Å². The highest BCUT2D eigenvalue weighted by molar-refractivity contribution is 5.79. The molecule has 0 saturated carbocycles. The molecule has 2 N–H and O–H groups in total. The summed E-state index contributed by atoms with van der Waals surface area (Å²) in [6.07, 6.45) is 2.18. The van der Waals surface area contributed by atoms with Crippen LogP contribution in [0.2, 0.25) is 0 Å². The molecule has 1 aromatic rings. The summed E-state index contributed by atoms with van der Waals surface area (Å²) < 4.78 is 0. The Morgan fingerprint density at radius 3 is 2.47 bits per heavy atom. The van der Waals surface area contributed by atoms with Gasteiger partial charge in [-0.05, 0) is 18.4 Å². The molecule has 0 aliphatic rings. The topological polar surface area (TPSA) is 57.5 Å². The highest BCUT2D eigenvalue weighted by atomic mass is 16.4. The summed E-state index contributed by atoms with van der Waals surface area (Å²) in [5.41, 5.74) is -1.41. The minimum absolute atomic E-state index is 0.135. The summed E-state index contributed by atoms with van der Waals surface area (Å²) in [5, 5.41) is 19.1. The maximum atomic E-state index is 11.0. The molecule has 0 aliphatic heterocycles. The molecular formula is C12H14O3. The molecule has 0 bridgehead atoms. The molecule has 15 heavy (non-hydrogen) atoms. The van der Waals surface area contributed by atoms with E-state index in [1.807, 2.05) is 0 Å². The number of rotatable bonds is 5. The van der Waals surface area contributed by atoms with Crippen LogP contribution in [0.3, 0.4) is 0 Å². The van der Waals surface area contributed by atoms with E-state index in [9.17, 15) is 9.90 Å². The number of carbonyl (C=O) groups is 1. The van der Waals surface area contributed by atoms with E-state index >= 15 is 0 Å². The van der Waals surface area contributed by atoms with Gasteiger partial charge in [0.15, 0.2) is 5.60 Å². The zero-order chi connectivity index (χ0) is 11.3. The molecule has 0 fully saturated rings. The van der Waals surface area contributed by atoms with Crippen molar-refractivity contribution >= 4 is 5.97 Å². The van der Waals surface area contributed by atoms with Crippen molar-refractivity contribution in [3.63, 3.8) is 0 Å². The lowest BCUT2D eigenvalue weighted by molar-refractivity contribution is -0.160. The van der Waals surface area contributed by atoms with Crippen molar-refractivity contribution in [2.24, 2.45) is 0 Å². The highest BCUT2D eigenvalue weighted by Gasteiger charge is 2.36. The fourth-order valence-electron chi connectivity index (χ4n) is 1.40. The summed E-state index contributed by atoms with van der Waals surface area (Å²) in [6, 6.07) is 8.40. The van der Waals surface area contributed by atoms with Crippen molar-refractivity contribution in [1.82, 2.24) is 0 Å². The van der Waals surface area contributed by atoms with E-state index in [0.717, 1.165) is 0 Å². The maximum Gasteiger partial charge on any atom is 0.340 e. The van der Waals surface area contributed by atoms with Crippen LogP contribution in [0.15, 0.2) is 43.0 Å². The summed E-state index contributed by atoms with van der Waals surface area (Å²) in [4.78, 5) is 11.0. The van der Waals surface area contributed by atoms with E-state index in [-0.39, 0.29) is 6.42 Å². The lowest BCUT2D eigenvalue weighted by atomic mass is 9.89. The number of benzene rings is 1. The molecule has 3 heteroatoms. The largest absolute Gasteiger partial charge is 0.479 e. The zero-order valence-corrected chi connectivity index (χ0v) is 8.39. The second kappa shape index (κ2) is 4.75. The van der Waals surface area contributed by atoms with Crippen LogP contribution in [0, 0.1) is 0 Å². The standard InChI is InChI=1S/C12H14O3/c1-2-3-9-12(15,11(13)14)10-7-5-4-6-8-10/h2,4-8,15H,1,3,9H2,(H,13,14). The van der Waals surface area contributed by atoms with Gasteiger partial charge in [0.05, 0.1) is 0 Å². The molecule has 0 saturated heterocycles. The first-order valence-corrected chi connectivity index (χ1v) is 4.73. The number of hydrogen-bond acceptors (Lipinski definition) is 2. The minimum atomic E-state index is -1.81. The van der Waals surface area contributed by atoms with Gasteiger partial charge in [0, 0.05) is 0 Å². The van der Waals surface area contributed by atoms with E-state index in [0.29, 0.717) is 12.0 Å². The molecule has 0 aromatic heterocycles. The van der Waals surface area contributed by atoms with Gasteiger partial charge in [-0.2, -0.15) is 0 Å². The number of allylic oxidation sites excluding steroid dienone is 1. The van der Waals surface area contributed by atoms with Crippen LogP contribution in [0.5, 0.6) is 0 Å². The SMILES string of the molecule is C=CCCC(O)(C(=O)O)c1ccccc1. The number of carboxylic acids is 1. The Bertz CT molecular complexity index is 345. The smallest absolute Gasteiger partial charge is 0.340 e. The third-order valence-corrected chi connectivity index (χ3v) is 2.32. The number of hydrogen-bond donors (Lipinski definition) is 2. The lowest BCUT2D eigenvalue weighted by Gasteiger charge is -2.23. The molecule has 1 aromatic carbocycles. The summed E-state index contributed by atoms with van der Waals surface area (Å²) >= 11 is 0. The van der Waals surface area contributed by atoms with Gasteiger partial charge in [0.2, 0.25) is 0 Å².